The van der Waals surface area contributed by atoms with Crippen LogP contribution in [-0.4, -0.2) is 34.4 Å². The molecule has 29 heavy (non-hydrogen) atoms. The first-order chi connectivity index (χ1) is 13.5. The summed E-state index contributed by atoms with van der Waals surface area (Å²) in [5.41, 5.74) is 1.27. The number of hydrogen-bond acceptors (Lipinski definition) is 5. The summed E-state index contributed by atoms with van der Waals surface area (Å²) < 4.78 is 41.3. The molecule has 1 unspecified atom stereocenters. The summed E-state index contributed by atoms with van der Waals surface area (Å²) >= 11 is 0. The Balaban J connectivity index is 2.04. The number of carbonyl (C=O) groups excluding carboxylic acids is 2. The fraction of sp³-hybridized carbons (Fsp3) is 0.400. The molecule has 0 saturated heterocycles. The normalized spacial score (nSPS) is 12.5. The molecule has 0 aliphatic rings. The first-order valence-electron chi connectivity index (χ1n) is 9.00. The lowest BCUT2D eigenvalue weighted by atomic mass is 10.0. The number of amides is 1. The van der Waals surface area contributed by atoms with Crippen LogP contribution < -0.4 is 10.1 Å². The maximum atomic E-state index is 12.4. The maximum Gasteiger partial charge on any atom is 0.422 e. The van der Waals surface area contributed by atoms with Crippen LogP contribution in [0.1, 0.15) is 48.6 Å². The van der Waals surface area contributed by atoms with Gasteiger partial charge in [-0.05, 0) is 30.7 Å². The van der Waals surface area contributed by atoms with Crippen molar-refractivity contribution in [3.8, 4) is 5.88 Å². The van der Waals surface area contributed by atoms with Crippen molar-refractivity contribution in [3.63, 3.8) is 0 Å². The Labute approximate surface area is 166 Å². The van der Waals surface area contributed by atoms with Gasteiger partial charge in [-0.15, -0.1) is 0 Å². The Morgan fingerprint density at radius 1 is 1.17 bits per heavy atom. The number of alkyl halides is 3. The van der Waals surface area contributed by atoms with Gasteiger partial charge in [-0.1, -0.05) is 19.9 Å². The minimum Gasteiger partial charge on any atom is -0.468 e. The van der Waals surface area contributed by atoms with E-state index in [1.165, 1.54) is 18.2 Å². The number of Topliss-reactive ketones (excluding diaryl/α,β-unsaturated/α-hetero) is 1. The number of pyridine rings is 2. The average molecular weight is 409 g/mol. The highest BCUT2D eigenvalue weighted by Crippen LogP contribution is 2.18. The van der Waals surface area contributed by atoms with E-state index in [-0.39, 0.29) is 29.7 Å². The highest BCUT2D eigenvalue weighted by Gasteiger charge is 2.28. The molecule has 0 spiro atoms. The smallest absolute Gasteiger partial charge is 0.422 e. The van der Waals surface area contributed by atoms with Gasteiger partial charge in [0.15, 0.2) is 6.61 Å². The molecule has 0 radical (unpaired) electrons. The molecule has 156 valence electrons. The highest BCUT2D eigenvalue weighted by molar-refractivity contribution is 5.92. The maximum absolute atomic E-state index is 12.4. The zero-order valence-electron chi connectivity index (χ0n) is 16.3. The lowest BCUT2D eigenvalue weighted by Crippen LogP contribution is -2.28. The van der Waals surface area contributed by atoms with Crippen molar-refractivity contribution < 1.29 is 27.5 Å². The highest BCUT2D eigenvalue weighted by atomic mass is 19.4. The van der Waals surface area contributed by atoms with E-state index in [0.29, 0.717) is 5.69 Å². The van der Waals surface area contributed by atoms with Gasteiger partial charge in [0.2, 0.25) is 5.88 Å². The van der Waals surface area contributed by atoms with Gasteiger partial charge in [0.25, 0.3) is 5.91 Å². The van der Waals surface area contributed by atoms with Crippen LogP contribution in [0.15, 0.2) is 36.5 Å². The van der Waals surface area contributed by atoms with Crippen molar-refractivity contribution in [3.05, 3.63) is 53.5 Å². The number of nitrogens with zero attached hydrogens (tertiary/aromatic N) is 2. The first-order valence-corrected chi connectivity index (χ1v) is 9.00. The molecular formula is C20H22F3N3O3. The van der Waals surface area contributed by atoms with Gasteiger partial charge in [-0.25, -0.2) is 4.98 Å². The van der Waals surface area contributed by atoms with Crippen LogP contribution in [0.2, 0.25) is 0 Å². The molecule has 1 N–H and O–H groups in total. The molecule has 0 aromatic carbocycles. The number of ketones is 1. The molecule has 0 aliphatic heterocycles. The van der Waals surface area contributed by atoms with Crippen molar-refractivity contribution >= 4 is 11.7 Å². The molecule has 2 rings (SSSR count). The Bertz CT molecular complexity index is 869. The summed E-state index contributed by atoms with van der Waals surface area (Å²) in [5.74, 6) is -0.894. The molecule has 0 fully saturated rings. The summed E-state index contributed by atoms with van der Waals surface area (Å²) in [6, 6.07) is 7.03. The fourth-order valence-electron chi connectivity index (χ4n) is 2.38. The number of rotatable bonds is 8. The van der Waals surface area contributed by atoms with Crippen LogP contribution in [0.3, 0.4) is 0 Å². The van der Waals surface area contributed by atoms with Gasteiger partial charge in [0.1, 0.15) is 11.5 Å². The minimum absolute atomic E-state index is 0.0613. The number of nitrogens with one attached hydrogen (secondary N) is 1. The monoisotopic (exact) mass is 409 g/mol. The number of hydrogen-bond donors (Lipinski definition) is 1. The van der Waals surface area contributed by atoms with Crippen molar-refractivity contribution in [1.82, 2.24) is 15.3 Å². The van der Waals surface area contributed by atoms with E-state index in [2.05, 4.69) is 20.0 Å². The summed E-state index contributed by atoms with van der Waals surface area (Å²) in [5, 5.41) is 2.72. The van der Waals surface area contributed by atoms with Crippen molar-refractivity contribution in [2.75, 3.05) is 6.61 Å². The topological polar surface area (TPSA) is 81.2 Å². The van der Waals surface area contributed by atoms with E-state index in [1.807, 2.05) is 13.8 Å². The van der Waals surface area contributed by atoms with E-state index in [4.69, 9.17) is 0 Å². The third-order valence-corrected chi connectivity index (χ3v) is 4.03. The standard InChI is InChI=1S/C20H22F3N3O3/c1-12(2)17(27)10-15-9-14(7-8-24-15)13(3)25-19(28)16-5-4-6-18(26-16)29-11-20(21,22)23/h4-9,12-13H,10-11H2,1-3H3,(H,25,28). The van der Waals surface area contributed by atoms with Crippen LogP contribution in [0, 0.1) is 5.92 Å². The van der Waals surface area contributed by atoms with Gasteiger partial charge in [0, 0.05) is 30.3 Å². The quantitative estimate of drug-likeness (QED) is 0.719. The Hall–Kier alpha value is -2.97. The second kappa shape index (κ2) is 9.49. The molecule has 2 aromatic heterocycles. The van der Waals surface area contributed by atoms with Gasteiger partial charge in [-0.3, -0.25) is 14.6 Å². The molecule has 0 aliphatic carbocycles. The van der Waals surface area contributed by atoms with Crippen molar-refractivity contribution in [2.24, 2.45) is 5.92 Å². The van der Waals surface area contributed by atoms with E-state index in [0.717, 1.165) is 5.56 Å². The van der Waals surface area contributed by atoms with Gasteiger partial charge < -0.3 is 10.1 Å². The van der Waals surface area contributed by atoms with Gasteiger partial charge in [-0.2, -0.15) is 13.2 Å². The van der Waals surface area contributed by atoms with E-state index < -0.39 is 24.7 Å². The summed E-state index contributed by atoms with van der Waals surface area (Å²) in [7, 11) is 0. The van der Waals surface area contributed by atoms with E-state index in [1.54, 1.807) is 25.3 Å². The fourth-order valence-corrected chi connectivity index (χ4v) is 2.38. The Kier molecular flexibility index (Phi) is 7.30. The third-order valence-electron chi connectivity index (χ3n) is 4.03. The van der Waals surface area contributed by atoms with Crippen molar-refractivity contribution in [2.45, 2.75) is 39.4 Å². The molecule has 0 saturated carbocycles. The number of carbonyl (C=O) groups is 2. The molecule has 0 bridgehead atoms. The Morgan fingerprint density at radius 3 is 2.55 bits per heavy atom. The largest absolute Gasteiger partial charge is 0.468 e. The minimum atomic E-state index is -4.50. The molecule has 9 heteroatoms. The van der Waals surface area contributed by atoms with Crippen LogP contribution in [-0.2, 0) is 11.2 Å². The SMILES string of the molecule is CC(C)C(=O)Cc1cc(C(C)NC(=O)c2cccc(OCC(F)(F)F)n2)ccn1. The summed E-state index contributed by atoms with van der Waals surface area (Å²) in [6.07, 6.45) is -2.73. The molecule has 6 nitrogen and oxygen atoms in total. The molecule has 1 amide bonds. The van der Waals surface area contributed by atoms with Crippen LogP contribution in [0.5, 0.6) is 5.88 Å². The van der Waals surface area contributed by atoms with Gasteiger partial charge in [0.05, 0.1) is 6.04 Å². The third kappa shape index (κ3) is 7.17. The average Bonchev–Trinajstić information content (AvgIpc) is 2.66. The van der Waals surface area contributed by atoms with Crippen LogP contribution >= 0.6 is 0 Å². The zero-order chi connectivity index (χ0) is 21.6. The lowest BCUT2D eigenvalue weighted by Gasteiger charge is -2.15. The first kappa shape index (κ1) is 22.3. The molecule has 2 heterocycles. The second-order valence-electron chi connectivity index (χ2n) is 6.84. The Morgan fingerprint density at radius 2 is 1.90 bits per heavy atom. The summed E-state index contributed by atoms with van der Waals surface area (Å²) in [6.45, 7) is 3.88. The van der Waals surface area contributed by atoms with Crippen LogP contribution in [0.25, 0.3) is 0 Å². The van der Waals surface area contributed by atoms with E-state index in [9.17, 15) is 22.8 Å². The lowest BCUT2D eigenvalue weighted by molar-refractivity contribution is -0.154. The van der Waals surface area contributed by atoms with E-state index >= 15 is 0 Å². The van der Waals surface area contributed by atoms with Crippen molar-refractivity contribution in [1.29, 1.82) is 0 Å². The zero-order valence-corrected chi connectivity index (χ0v) is 16.3. The molecule has 1 atom stereocenters. The second-order valence-corrected chi connectivity index (χ2v) is 6.84. The predicted molar refractivity (Wildman–Crippen MR) is 99.5 cm³/mol. The predicted octanol–water partition coefficient (Wildman–Crippen LogP) is 3.68. The summed E-state index contributed by atoms with van der Waals surface area (Å²) in [4.78, 5) is 32.3. The number of ether oxygens (including phenoxy) is 1. The van der Waals surface area contributed by atoms with Gasteiger partial charge >= 0.3 is 6.18 Å². The molecular weight excluding hydrogens is 387 g/mol. The number of halogens is 3. The van der Waals surface area contributed by atoms with Crippen LogP contribution in [0.4, 0.5) is 13.2 Å². The number of aromatic nitrogens is 2. The molecule has 2 aromatic rings.